The minimum absolute atomic E-state index is 0.143. The fraction of sp³-hybridized carbons (Fsp3) is 0.280. The van der Waals surface area contributed by atoms with Gasteiger partial charge in [-0.1, -0.05) is 6.07 Å². The zero-order valence-electron chi connectivity index (χ0n) is 18.8. The standard InChI is InChI=1S/C25H18F8O3/c1-3-34-13-5-7-14(8-6-13)36-25(32,33)17-11-9-15-16-10-12-18(35-4-2)22(27)20(16)24(30,31)23(28,29)19(15)21(17)26/h5-12H,3-4H2,1-2H3. The van der Waals surface area contributed by atoms with Crippen LogP contribution in [0.4, 0.5) is 35.1 Å². The highest BCUT2D eigenvalue weighted by molar-refractivity contribution is 5.77. The average Bonchev–Trinajstić information content (AvgIpc) is 2.80. The van der Waals surface area contributed by atoms with Crippen LogP contribution in [0.15, 0.2) is 48.5 Å². The normalized spacial score (nSPS) is 15.6. The summed E-state index contributed by atoms with van der Waals surface area (Å²) in [7, 11) is 0. The van der Waals surface area contributed by atoms with E-state index in [9.17, 15) is 22.0 Å². The molecule has 0 fully saturated rings. The number of alkyl halides is 6. The molecule has 3 nitrogen and oxygen atoms in total. The smallest absolute Gasteiger partial charge is 0.429 e. The van der Waals surface area contributed by atoms with E-state index in [1.54, 1.807) is 6.92 Å². The number of fused-ring (bicyclic) bond motifs is 3. The Balaban J connectivity index is 1.84. The van der Waals surface area contributed by atoms with Crippen molar-refractivity contribution in [2.24, 2.45) is 0 Å². The maximum Gasteiger partial charge on any atom is 0.429 e. The van der Waals surface area contributed by atoms with Crippen LogP contribution in [-0.2, 0) is 18.0 Å². The van der Waals surface area contributed by atoms with E-state index in [1.165, 1.54) is 19.1 Å². The van der Waals surface area contributed by atoms with E-state index in [4.69, 9.17) is 9.47 Å². The highest BCUT2D eigenvalue weighted by Crippen LogP contribution is 2.60. The molecule has 0 heterocycles. The molecule has 1 aliphatic carbocycles. The minimum atomic E-state index is -5.38. The first-order chi connectivity index (χ1) is 16.9. The highest BCUT2D eigenvalue weighted by Gasteiger charge is 2.66. The van der Waals surface area contributed by atoms with Gasteiger partial charge in [-0.3, -0.25) is 0 Å². The van der Waals surface area contributed by atoms with Gasteiger partial charge in [-0.15, -0.1) is 0 Å². The van der Waals surface area contributed by atoms with Crippen LogP contribution in [-0.4, -0.2) is 13.2 Å². The van der Waals surface area contributed by atoms with Crippen LogP contribution in [0.3, 0.4) is 0 Å². The molecule has 0 saturated carbocycles. The van der Waals surface area contributed by atoms with E-state index >= 15 is 13.2 Å². The van der Waals surface area contributed by atoms with Crippen molar-refractivity contribution in [3.8, 4) is 28.4 Å². The fourth-order valence-corrected chi connectivity index (χ4v) is 3.98. The van der Waals surface area contributed by atoms with Crippen LogP contribution in [0.5, 0.6) is 17.2 Å². The van der Waals surface area contributed by atoms with Gasteiger partial charge in [0.1, 0.15) is 22.9 Å². The topological polar surface area (TPSA) is 27.7 Å². The van der Waals surface area contributed by atoms with Crippen molar-refractivity contribution >= 4 is 0 Å². The summed E-state index contributed by atoms with van der Waals surface area (Å²) in [5.74, 6) is -15.6. The summed E-state index contributed by atoms with van der Waals surface area (Å²) < 4.78 is 134. The molecule has 192 valence electrons. The number of halogens is 8. The molecule has 11 heteroatoms. The van der Waals surface area contributed by atoms with Crippen molar-refractivity contribution in [1.29, 1.82) is 0 Å². The minimum Gasteiger partial charge on any atom is -0.494 e. The Bertz CT molecular complexity index is 1290. The molecular weight excluding hydrogens is 500 g/mol. The highest BCUT2D eigenvalue weighted by atomic mass is 19.3. The molecule has 0 N–H and O–H groups in total. The first-order valence-corrected chi connectivity index (χ1v) is 10.7. The predicted molar refractivity (Wildman–Crippen MR) is 113 cm³/mol. The lowest BCUT2D eigenvalue weighted by Crippen LogP contribution is -2.41. The van der Waals surface area contributed by atoms with E-state index in [0.29, 0.717) is 24.5 Å². The Morgan fingerprint density at radius 1 is 0.667 bits per heavy atom. The molecule has 0 bridgehead atoms. The first kappa shape index (κ1) is 25.6. The molecule has 0 saturated heterocycles. The van der Waals surface area contributed by atoms with Crippen LogP contribution >= 0.6 is 0 Å². The summed E-state index contributed by atoms with van der Waals surface area (Å²) in [6, 6.07) is 7.52. The molecule has 0 spiro atoms. The Labute approximate surface area is 200 Å². The summed E-state index contributed by atoms with van der Waals surface area (Å²) in [5, 5.41) is 0. The van der Waals surface area contributed by atoms with Gasteiger partial charge in [0.2, 0.25) is 0 Å². The molecule has 1 aliphatic rings. The summed E-state index contributed by atoms with van der Waals surface area (Å²) in [5.41, 5.74) is -7.03. The molecule has 36 heavy (non-hydrogen) atoms. The average molecular weight is 518 g/mol. The van der Waals surface area contributed by atoms with E-state index < -0.39 is 68.9 Å². The zero-order chi connectivity index (χ0) is 26.5. The van der Waals surface area contributed by atoms with Gasteiger partial charge in [-0.2, -0.15) is 26.3 Å². The van der Waals surface area contributed by atoms with Gasteiger partial charge in [0, 0.05) is 0 Å². The Hall–Kier alpha value is -3.50. The van der Waals surface area contributed by atoms with Crippen LogP contribution in [0.25, 0.3) is 11.1 Å². The van der Waals surface area contributed by atoms with Crippen molar-refractivity contribution in [3.63, 3.8) is 0 Å². The molecule has 0 aliphatic heterocycles. The number of hydrogen-bond acceptors (Lipinski definition) is 3. The Morgan fingerprint density at radius 2 is 1.17 bits per heavy atom. The fourth-order valence-electron chi connectivity index (χ4n) is 3.98. The quantitative estimate of drug-likeness (QED) is 0.299. The molecule has 3 aromatic rings. The molecule has 0 unspecified atom stereocenters. The molecule has 0 atom stereocenters. The lowest BCUT2D eigenvalue weighted by atomic mass is 9.79. The lowest BCUT2D eigenvalue weighted by molar-refractivity contribution is -0.228. The summed E-state index contributed by atoms with van der Waals surface area (Å²) in [6.45, 7) is 3.28. The summed E-state index contributed by atoms with van der Waals surface area (Å²) in [6.07, 6.45) is -4.53. The van der Waals surface area contributed by atoms with Crippen LogP contribution in [0.1, 0.15) is 30.5 Å². The van der Waals surface area contributed by atoms with Gasteiger partial charge in [0.25, 0.3) is 0 Å². The van der Waals surface area contributed by atoms with Crippen LogP contribution in [0, 0.1) is 11.6 Å². The van der Waals surface area contributed by atoms with E-state index in [-0.39, 0.29) is 6.61 Å². The first-order valence-electron chi connectivity index (χ1n) is 10.7. The number of ether oxygens (including phenoxy) is 3. The largest absolute Gasteiger partial charge is 0.494 e. The lowest BCUT2D eigenvalue weighted by Gasteiger charge is -2.36. The predicted octanol–water partition coefficient (Wildman–Crippen LogP) is 7.75. The Morgan fingerprint density at radius 3 is 1.72 bits per heavy atom. The second kappa shape index (κ2) is 8.86. The maximum absolute atomic E-state index is 15.2. The molecule has 0 amide bonds. The second-order valence-corrected chi connectivity index (χ2v) is 7.75. The van der Waals surface area contributed by atoms with E-state index in [0.717, 1.165) is 24.3 Å². The van der Waals surface area contributed by atoms with Gasteiger partial charge in [0.05, 0.1) is 24.3 Å². The van der Waals surface area contributed by atoms with E-state index in [2.05, 4.69) is 4.74 Å². The number of benzene rings is 3. The SMILES string of the molecule is CCOc1ccc(OC(F)(F)c2ccc3c(c2F)C(F)(F)C(F)(F)c2c-3ccc(OCC)c2F)cc1. The van der Waals surface area contributed by atoms with Crippen molar-refractivity contribution in [2.45, 2.75) is 31.8 Å². The van der Waals surface area contributed by atoms with Gasteiger partial charge < -0.3 is 14.2 Å². The third-order valence-electron chi connectivity index (χ3n) is 5.56. The third-order valence-corrected chi connectivity index (χ3v) is 5.56. The van der Waals surface area contributed by atoms with Crippen molar-refractivity contribution in [3.05, 3.63) is 76.9 Å². The molecule has 3 aromatic carbocycles. The second-order valence-electron chi connectivity index (χ2n) is 7.75. The maximum atomic E-state index is 15.2. The van der Waals surface area contributed by atoms with Gasteiger partial charge in [-0.25, -0.2) is 8.78 Å². The van der Waals surface area contributed by atoms with Crippen molar-refractivity contribution in [2.75, 3.05) is 13.2 Å². The summed E-state index contributed by atoms with van der Waals surface area (Å²) >= 11 is 0. The number of hydrogen-bond donors (Lipinski definition) is 0. The monoisotopic (exact) mass is 518 g/mol. The van der Waals surface area contributed by atoms with E-state index in [1.807, 2.05) is 0 Å². The zero-order valence-corrected chi connectivity index (χ0v) is 18.8. The molecule has 4 rings (SSSR count). The Kier molecular flexibility index (Phi) is 6.30. The van der Waals surface area contributed by atoms with Crippen molar-refractivity contribution in [1.82, 2.24) is 0 Å². The number of rotatable bonds is 7. The van der Waals surface area contributed by atoms with Crippen LogP contribution < -0.4 is 14.2 Å². The third kappa shape index (κ3) is 3.90. The van der Waals surface area contributed by atoms with Gasteiger partial charge in [-0.05, 0) is 67.4 Å². The van der Waals surface area contributed by atoms with Gasteiger partial charge >= 0.3 is 18.0 Å². The molecule has 0 aromatic heterocycles. The van der Waals surface area contributed by atoms with Crippen LogP contribution in [0.2, 0.25) is 0 Å². The van der Waals surface area contributed by atoms with Gasteiger partial charge in [0.15, 0.2) is 11.6 Å². The molecule has 0 radical (unpaired) electrons. The molecular formula is C25H18F8O3. The summed E-state index contributed by atoms with van der Waals surface area (Å²) in [4.78, 5) is 0. The van der Waals surface area contributed by atoms with Crippen molar-refractivity contribution < 1.29 is 49.3 Å².